The van der Waals surface area contributed by atoms with Crippen LogP contribution in [0.25, 0.3) is 0 Å². The molecule has 0 spiro atoms. The lowest BCUT2D eigenvalue weighted by Gasteiger charge is -2.14. The predicted octanol–water partition coefficient (Wildman–Crippen LogP) is 1.71. The number of carbonyl (C=O) groups excluding carboxylic acids is 2. The largest absolute Gasteiger partial charge is 0.311 e. The molecule has 0 saturated carbocycles. The van der Waals surface area contributed by atoms with Crippen LogP contribution in [0.1, 0.15) is 24.8 Å². The quantitative estimate of drug-likeness (QED) is 0.678. The van der Waals surface area contributed by atoms with Gasteiger partial charge in [-0.3, -0.25) is 9.59 Å². The van der Waals surface area contributed by atoms with Crippen molar-refractivity contribution < 1.29 is 9.59 Å². The monoisotopic (exact) mass is 296 g/mol. The summed E-state index contributed by atoms with van der Waals surface area (Å²) in [6, 6.07) is 9.52. The van der Waals surface area contributed by atoms with Gasteiger partial charge in [0, 0.05) is 31.3 Å². The second-order valence-corrected chi connectivity index (χ2v) is 4.83. The van der Waals surface area contributed by atoms with Crippen molar-refractivity contribution >= 4 is 23.7 Å². The maximum Gasteiger partial charge on any atom is 0.254 e. The van der Waals surface area contributed by atoms with Crippen molar-refractivity contribution in [3.05, 3.63) is 42.0 Å². The Morgan fingerprint density at radius 3 is 3.00 bits per heavy atom. The van der Waals surface area contributed by atoms with E-state index in [9.17, 15) is 9.59 Å². The van der Waals surface area contributed by atoms with E-state index in [0.717, 1.165) is 11.3 Å². The molecule has 1 unspecified atom stereocenters. The zero-order valence-corrected chi connectivity index (χ0v) is 12.2. The highest BCUT2D eigenvalue weighted by atomic mass is 16.2. The Labute approximate surface area is 128 Å². The van der Waals surface area contributed by atoms with E-state index in [4.69, 9.17) is 5.26 Å². The second kappa shape index (κ2) is 7.18. The average Bonchev–Trinajstić information content (AvgIpc) is 2.86. The Kier molecular flexibility index (Phi) is 5.04. The first kappa shape index (κ1) is 15.4. The van der Waals surface area contributed by atoms with Gasteiger partial charge in [0.15, 0.2) is 0 Å². The van der Waals surface area contributed by atoms with Crippen molar-refractivity contribution in [2.75, 3.05) is 11.4 Å². The number of nitrogens with zero attached hydrogens (tertiary/aromatic N) is 3. The summed E-state index contributed by atoms with van der Waals surface area (Å²) < 4.78 is 0. The molecule has 0 radical (unpaired) electrons. The maximum atomic E-state index is 11.7. The van der Waals surface area contributed by atoms with Crippen molar-refractivity contribution in [1.82, 2.24) is 5.43 Å². The minimum absolute atomic E-state index is 0.0146. The van der Waals surface area contributed by atoms with E-state index in [1.807, 2.05) is 30.3 Å². The lowest BCUT2D eigenvalue weighted by molar-refractivity contribution is -0.120. The number of anilines is 1. The summed E-state index contributed by atoms with van der Waals surface area (Å²) in [5.41, 5.74) is 4.27. The molecule has 1 N–H and O–H groups in total. The van der Waals surface area contributed by atoms with Crippen LogP contribution in [-0.2, 0) is 9.59 Å². The van der Waals surface area contributed by atoms with Gasteiger partial charge < -0.3 is 4.90 Å². The molecule has 1 atom stereocenters. The smallest absolute Gasteiger partial charge is 0.254 e. The molecule has 1 aromatic carbocycles. The molecule has 0 aromatic heterocycles. The van der Waals surface area contributed by atoms with E-state index in [1.54, 1.807) is 24.0 Å². The summed E-state index contributed by atoms with van der Waals surface area (Å²) in [5, 5.41) is 12.1. The summed E-state index contributed by atoms with van der Waals surface area (Å²) in [6.07, 6.45) is 4.89. The molecule has 0 aliphatic carbocycles. The van der Waals surface area contributed by atoms with E-state index >= 15 is 0 Å². The molecule has 112 valence electrons. The number of para-hydroxylation sites is 1. The van der Waals surface area contributed by atoms with E-state index in [-0.39, 0.29) is 18.2 Å². The Bertz CT molecular complexity index is 673. The third-order valence-electron chi connectivity index (χ3n) is 3.32. The van der Waals surface area contributed by atoms with Gasteiger partial charge in [0.2, 0.25) is 5.91 Å². The SMILES string of the molecule is CC(=O)N1CC(/C=C/C=N/NC(=O)CC#N)c2ccccc21. The fraction of sp³-hybridized carbons (Fsp3) is 0.250. The molecule has 1 aliphatic heterocycles. The predicted molar refractivity (Wildman–Crippen MR) is 83.2 cm³/mol. The molecule has 1 aromatic rings. The second-order valence-electron chi connectivity index (χ2n) is 4.83. The van der Waals surface area contributed by atoms with Crippen LogP contribution in [0, 0.1) is 11.3 Å². The number of nitriles is 1. The summed E-state index contributed by atoms with van der Waals surface area (Å²) in [4.78, 5) is 24.4. The van der Waals surface area contributed by atoms with Gasteiger partial charge in [-0.2, -0.15) is 10.4 Å². The number of nitrogens with one attached hydrogen (secondary N) is 1. The van der Waals surface area contributed by atoms with Crippen LogP contribution >= 0.6 is 0 Å². The minimum Gasteiger partial charge on any atom is -0.311 e. The molecule has 1 heterocycles. The molecular weight excluding hydrogens is 280 g/mol. The number of allylic oxidation sites excluding steroid dienone is 1. The number of hydrogen-bond donors (Lipinski definition) is 1. The van der Waals surface area contributed by atoms with Gasteiger partial charge in [-0.15, -0.1) is 0 Å². The van der Waals surface area contributed by atoms with Gasteiger partial charge >= 0.3 is 0 Å². The standard InChI is InChI=1S/C16H16N4O2/c1-12(21)20-11-13(14-6-2-3-7-15(14)20)5-4-10-18-19-16(22)8-9-17/h2-7,10,13H,8,11H2,1H3,(H,19,22)/b5-4+,18-10+. The molecule has 1 aliphatic rings. The van der Waals surface area contributed by atoms with E-state index in [1.165, 1.54) is 6.21 Å². The summed E-state index contributed by atoms with van der Waals surface area (Å²) in [6.45, 7) is 2.15. The Balaban J connectivity index is 2.01. The van der Waals surface area contributed by atoms with Crippen LogP contribution in [0.15, 0.2) is 41.5 Å². The molecule has 0 fully saturated rings. The van der Waals surface area contributed by atoms with E-state index in [0.29, 0.717) is 6.54 Å². The molecule has 2 rings (SSSR count). The number of amides is 2. The first-order chi connectivity index (χ1) is 10.6. The summed E-state index contributed by atoms with van der Waals surface area (Å²) in [7, 11) is 0. The Morgan fingerprint density at radius 1 is 1.50 bits per heavy atom. The fourth-order valence-corrected chi connectivity index (χ4v) is 2.35. The molecule has 2 amide bonds. The summed E-state index contributed by atoms with van der Waals surface area (Å²) >= 11 is 0. The number of benzene rings is 1. The van der Waals surface area contributed by atoms with Crippen LogP contribution in [0.2, 0.25) is 0 Å². The Hall–Kier alpha value is -2.94. The average molecular weight is 296 g/mol. The van der Waals surface area contributed by atoms with Crippen LogP contribution in [0.3, 0.4) is 0 Å². The van der Waals surface area contributed by atoms with Gasteiger partial charge in [-0.1, -0.05) is 24.3 Å². The van der Waals surface area contributed by atoms with Gasteiger partial charge in [0.05, 0.1) is 6.07 Å². The van der Waals surface area contributed by atoms with Crippen molar-refractivity contribution in [1.29, 1.82) is 5.26 Å². The minimum atomic E-state index is -0.443. The van der Waals surface area contributed by atoms with Crippen LogP contribution in [0.4, 0.5) is 5.69 Å². The maximum absolute atomic E-state index is 11.7. The fourth-order valence-electron chi connectivity index (χ4n) is 2.35. The van der Waals surface area contributed by atoms with Crippen LogP contribution in [0.5, 0.6) is 0 Å². The number of hydrazone groups is 1. The molecular formula is C16H16N4O2. The van der Waals surface area contributed by atoms with Crippen LogP contribution < -0.4 is 10.3 Å². The molecule has 6 heteroatoms. The highest BCUT2D eigenvalue weighted by Crippen LogP contribution is 2.36. The summed E-state index contributed by atoms with van der Waals surface area (Å²) in [5.74, 6) is -0.330. The molecule has 6 nitrogen and oxygen atoms in total. The zero-order chi connectivity index (χ0) is 15.9. The molecule has 22 heavy (non-hydrogen) atoms. The number of fused-ring (bicyclic) bond motifs is 1. The van der Waals surface area contributed by atoms with Gasteiger partial charge in [0.25, 0.3) is 5.91 Å². The Morgan fingerprint density at radius 2 is 2.27 bits per heavy atom. The number of hydrogen-bond acceptors (Lipinski definition) is 4. The van der Waals surface area contributed by atoms with Crippen molar-refractivity contribution in [2.45, 2.75) is 19.3 Å². The van der Waals surface area contributed by atoms with Crippen molar-refractivity contribution in [2.24, 2.45) is 5.10 Å². The molecule has 0 bridgehead atoms. The van der Waals surface area contributed by atoms with Gasteiger partial charge in [0.1, 0.15) is 6.42 Å². The highest BCUT2D eigenvalue weighted by Gasteiger charge is 2.28. The lowest BCUT2D eigenvalue weighted by atomic mass is 10.0. The molecule has 0 saturated heterocycles. The van der Waals surface area contributed by atoms with E-state index < -0.39 is 5.91 Å². The van der Waals surface area contributed by atoms with Gasteiger partial charge in [-0.25, -0.2) is 5.43 Å². The van der Waals surface area contributed by atoms with Crippen molar-refractivity contribution in [3.8, 4) is 6.07 Å². The topological polar surface area (TPSA) is 85.6 Å². The third-order valence-corrected chi connectivity index (χ3v) is 3.32. The first-order valence-electron chi connectivity index (χ1n) is 6.86. The number of carbonyl (C=O) groups is 2. The highest BCUT2D eigenvalue weighted by molar-refractivity contribution is 5.94. The number of rotatable bonds is 4. The van der Waals surface area contributed by atoms with Crippen molar-refractivity contribution in [3.63, 3.8) is 0 Å². The first-order valence-corrected chi connectivity index (χ1v) is 6.86. The third kappa shape index (κ3) is 3.58. The van der Waals surface area contributed by atoms with Gasteiger partial charge in [-0.05, 0) is 17.7 Å². The van der Waals surface area contributed by atoms with E-state index in [2.05, 4.69) is 10.5 Å². The zero-order valence-electron chi connectivity index (χ0n) is 12.2. The lowest BCUT2D eigenvalue weighted by Crippen LogP contribution is -2.26. The van der Waals surface area contributed by atoms with Crippen LogP contribution in [-0.4, -0.2) is 24.6 Å². The normalized spacial score (nSPS) is 16.7.